The topological polar surface area (TPSA) is 24.9 Å². The van der Waals surface area contributed by atoms with Crippen LogP contribution in [-0.2, 0) is 9.47 Å². The molecule has 0 amide bonds. The van der Waals surface area contributed by atoms with Crippen molar-refractivity contribution < 1.29 is 9.47 Å². The predicted octanol–water partition coefficient (Wildman–Crippen LogP) is 20.8. The summed E-state index contributed by atoms with van der Waals surface area (Å²) in [5.41, 5.74) is 10.3. The zero-order valence-electron chi connectivity index (χ0n) is 51.6. The van der Waals surface area contributed by atoms with Crippen molar-refractivity contribution >= 4 is 5.69 Å². The van der Waals surface area contributed by atoms with Crippen molar-refractivity contribution in [2.45, 2.75) is 288 Å². The molecule has 11 aliphatic carbocycles. The summed E-state index contributed by atoms with van der Waals surface area (Å²) in [4.78, 5) is 6.09. The van der Waals surface area contributed by atoms with Crippen molar-refractivity contribution in [1.82, 2.24) is 4.90 Å². The molecule has 4 heteroatoms. The Bertz CT molecular complexity index is 2470. The van der Waals surface area contributed by atoms with Gasteiger partial charge < -0.3 is 19.3 Å². The molecule has 1 aromatic rings. The maximum absolute atomic E-state index is 6.95. The Labute approximate surface area is 494 Å². The molecule has 13 rings (SSSR count). The Balaban J connectivity index is 0.771. The van der Waals surface area contributed by atoms with Crippen LogP contribution in [0.1, 0.15) is 263 Å². The lowest BCUT2D eigenvalue weighted by Gasteiger charge is -2.54. The highest BCUT2D eigenvalue weighted by Crippen LogP contribution is 2.70. The van der Waals surface area contributed by atoms with Gasteiger partial charge in [0.2, 0.25) is 0 Å². The number of ether oxygens (including phenoxy) is 2. The lowest BCUT2D eigenvalue weighted by molar-refractivity contribution is -0.00541. The van der Waals surface area contributed by atoms with Crippen LogP contribution in [0.4, 0.5) is 5.69 Å². The van der Waals surface area contributed by atoms with Crippen molar-refractivity contribution in [2.75, 3.05) is 11.5 Å². The number of rotatable bonds is 18. The number of nitrogens with zero attached hydrogens (tertiary/aromatic N) is 2. The van der Waals surface area contributed by atoms with Crippen molar-refractivity contribution in [1.29, 1.82) is 0 Å². The average Bonchev–Trinajstić information content (AvgIpc) is 3.12. The highest BCUT2D eigenvalue weighted by atomic mass is 16.5. The highest BCUT2D eigenvalue weighted by molar-refractivity contribution is 5.56. The van der Waals surface area contributed by atoms with E-state index in [0.29, 0.717) is 41.9 Å². The van der Waals surface area contributed by atoms with Gasteiger partial charge in [-0.25, -0.2) is 0 Å². The molecule has 0 N–H and O–H groups in total. The number of fused-ring (bicyclic) bond motifs is 6. The monoisotopic (exact) mass is 1100 g/mol. The van der Waals surface area contributed by atoms with Crippen LogP contribution in [0.3, 0.4) is 0 Å². The molecule has 1 aliphatic heterocycles. The molecule has 4 nitrogen and oxygen atoms in total. The van der Waals surface area contributed by atoms with Crippen molar-refractivity contribution in [3.8, 4) is 0 Å². The summed E-state index contributed by atoms with van der Waals surface area (Å²) >= 11 is 0. The Morgan fingerprint density at radius 1 is 0.654 bits per heavy atom. The maximum atomic E-state index is 6.95. The molecule has 1 aromatic carbocycles. The van der Waals surface area contributed by atoms with E-state index in [4.69, 9.17) is 9.47 Å². The van der Waals surface area contributed by atoms with E-state index in [9.17, 15) is 0 Å². The first-order chi connectivity index (χ1) is 40.0. The normalized spacial score (nSPS) is 38.3. The molecule has 1 saturated heterocycles. The van der Waals surface area contributed by atoms with E-state index < -0.39 is 0 Å². The lowest BCUT2D eigenvalue weighted by Crippen LogP contribution is -2.48. The SMILES string of the molecule is CCCCC(CC)COC1CCC(c2ccc(N(C3=CCC(C4CCC5C(C4)C4CCCC=C4N5C4CCCCC4)CC3)C3C=CC4C5C=CCCC5C(C5=CCCCC5)(C5CCC(OC6=CC=C(CC)CC6)CC5)[C@@H]4C3)cc2)CC1. The van der Waals surface area contributed by atoms with Gasteiger partial charge in [0.1, 0.15) is 0 Å². The molecule has 1 heterocycles. The summed E-state index contributed by atoms with van der Waals surface area (Å²) in [5, 5.41) is 0. The molecule has 12 aliphatic rings. The zero-order chi connectivity index (χ0) is 54.7. The average molecular weight is 1100 g/mol. The predicted molar refractivity (Wildman–Crippen MR) is 339 cm³/mol. The number of allylic oxidation sites excluding steroid dienone is 13. The van der Waals surface area contributed by atoms with Gasteiger partial charge in [0.25, 0.3) is 0 Å². The van der Waals surface area contributed by atoms with Crippen molar-refractivity contribution in [3.63, 3.8) is 0 Å². The van der Waals surface area contributed by atoms with E-state index in [1.54, 1.807) is 16.8 Å². The Morgan fingerprint density at radius 3 is 2.23 bits per heavy atom. The van der Waals surface area contributed by atoms with Gasteiger partial charge in [-0.15, -0.1) is 0 Å². The van der Waals surface area contributed by atoms with E-state index >= 15 is 0 Å². The van der Waals surface area contributed by atoms with Crippen LogP contribution in [0, 0.1) is 64.6 Å². The molecule has 0 spiro atoms. The molecule has 442 valence electrons. The number of likely N-dealkylation sites (tertiary alicyclic amines) is 1. The Hall–Kier alpha value is -3.24. The maximum Gasteiger partial charge on any atom is 0.0982 e. The van der Waals surface area contributed by atoms with E-state index in [1.807, 2.05) is 11.3 Å². The second-order valence-electron chi connectivity index (χ2n) is 29.5. The first-order valence-corrected chi connectivity index (χ1v) is 35.8. The number of benzene rings is 1. The minimum atomic E-state index is 0.285. The third-order valence-corrected chi connectivity index (χ3v) is 25.5. The standard InChI is InChI=1S/C77H112N2O2/c1-4-7-18-55(6-3)53-80-66-45-33-57(34-46-66)56-29-38-63(39-30-56)78(64-40-31-58(32-41-64)59-35-50-76-72(51-59)71-24-15-17-26-75(71)79(76)62-21-12-9-13-22-62)65-42-49-70-69-23-14-16-25-73(69)77(74(70)52-65,60-19-10-8-11-20-60)61-36-47-68(48-37-61)81-67-43-27-54(5-2)28-44-67/h14,19,23,26-27,29-30,38-40,42-43,49,55,57-59,61-62,65-66,68-74,76H,4-13,15-18,20-22,24-25,28,31-37,41,44-48,50-53H2,1-3H3/t55?,57?,58?,59?,61?,65?,66?,68?,69?,70?,71?,72?,73?,74-,76?,77?/m1/s1. The van der Waals surface area contributed by atoms with Crippen LogP contribution in [0.25, 0.3) is 0 Å². The van der Waals surface area contributed by atoms with Gasteiger partial charge in [0.05, 0.1) is 24.0 Å². The molecular formula is C77H112N2O2. The summed E-state index contributed by atoms with van der Waals surface area (Å²) in [6.07, 6.45) is 72.8. The molecule has 0 radical (unpaired) electrons. The highest BCUT2D eigenvalue weighted by Gasteiger charge is 2.64. The number of anilines is 1. The van der Waals surface area contributed by atoms with Gasteiger partial charge in [-0.05, 0) is 269 Å². The minimum absolute atomic E-state index is 0.285. The second kappa shape index (κ2) is 26.2. The molecule has 11 unspecified atom stereocenters. The van der Waals surface area contributed by atoms with E-state index in [2.05, 4.69) is 110 Å². The molecule has 5 saturated carbocycles. The third-order valence-electron chi connectivity index (χ3n) is 25.5. The quantitative estimate of drug-likeness (QED) is 0.137. The van der Waals surface area contributed by atoms with Crippen LogP contribution in [0.5, 0.6) is 0 Å². The van der Waals surface area contributed by atoms with Gasteiger partial charge in [-0.2, -0.15) is 0 Å². The van der Waals surface area contributed by atoms with Crippen LogP contribution in [0.15, 0.2) is 107 Å². The minimum Gasteiger partial charge on any atom is -0.495 e. The van der Waals surface area contributed by atoms with Gasteiger partial charge >= 0.3 is 0 Å². The smallest absolute Gasteiger partial charge is 0.0982 e. The van der Waals surface area contributed by atoms with E-state index in [0.717, 1.165) is 66.5 Å². The number of hydrogen-bond acceptors (Lipinski definition) is 4. The van der Waals surface area contributed by atoms with Crippen LogP contribution < -0.4 is 4.90 Å². The number of hydrogen-bond donors (Lipinski definition) is 0. The molecule has 0 bridgehead atoms. The zero-order valence-corrected chi connectivity index (χ0v) is 51.6. The first-order valence-electron chi connectivity index (χ1n) is 35.8. The molecule has 81 heavy (non-hydrogen) atoms. The fourth-order valence-electron chi connectivity index (χ4n) is 21.4. The number of unbranched alkanes of at least 4 members (excludes halogenated alkanes) is 1. The third kappa shape index (κ3) is 11.7. The van der Waals surface area contributed by atoms with Gasteiger partial charge in [0, 0.05) is 53.5 Å². The Morgan fingerprint density at radius 2 is 1.48 bits per heavy atom. The summed E-state index contributed by atoms with van der Waals surface area (Å²) in [6.45, 7) is 7.96. The van der Waals surface area contributed by atoms with Gasteiger partial charge in [0.15, 0.2) is 0 Å². The molecule has 0 aromatic heterocycles. The first kappa shape index (κ1) is 56.9. The fourth-order valence-corrected chi connectivity index (χ4v) is 21.4. The largest absolute Gasteiger partial charge is 0.495 e. The fraction of sp³-hybridized carbons (Fsp3) is 0.740. The molecule has 6 fully saturated rings. The Kier molecular flexibility index (Phi) is 18.4. The summed E-state index contributed by atoms with van der Waals surface area (Å²) in [6, 6.07) is 12.4. The van der Waals surface area contributed by atoms with Crippen molar-refractivity contribution in [2.24, 2.45) is 64.6 Å². The second-order valence-corrected chi connectivity index (χ2v) is 29.5. The lowest BCUT2D eigenvalue weighted by atomic mass is 9.51. The van der Waals surface area contributed by atoms with Gasteiger partial charge in [-0.3, -0.25) is 0 Å². The van der Waals surface area contributed by atoms with Crippen molar-refractivity contribution in [3.05, 3.63) is 113 Å². The summed E-state index contributed by atoms with van der Waals surface area (Å²) in [5.74, 6) is 9.60. The molecule has 12 atom stereocenters. The summed E-state index contributed by atoms with van der Waals surface area (Å²) in [7, 11) is 0. The van der Waals surface area contributed by atoms with Crippen LogP contribution >= 0.6 is 0 Å². The van der Waals surface area contributed by atoms with E-state index in [-0.39, 0.29) is 5.41 Å². The van der Waals surface area contributed by atoms with Crippen LogP contribution in [-0.4, -0.2) is 41.8 Å². The van der Waals surface area contributed by atoms with E-state index in [1.165, 1.54) is 236 Å². The molecular weight excluding hydrogens is 985 g/mol. The van der Waals surface area contributed by atoms with Gasteiger partial charge in [-0.1, -0.05) is 131 Å². The van der Waals surface area contributed by atoms with Crippen LogP contribution in [0.2, 0.25) is 0 Å². The summed E-state index contributed by atoms with van der Waals surface area (Å²) < 4.78 is 13.6.